The molecule has 0 heterocycles. The number of benzene rings is 1. The minimum Gasteiger partial charge on any atom is -0.382 e. The molecule has 1 rings (SSSR count). The maximum absolute atomic E-state index is 12.4. The van der Waals surface area contributed by atoms with Gasteiger partial charge in [-0.1, -0.05) is 13.3 Å². The van der Waals surface area contributed by atoms with Gasteiger partial charge in [0, 0.05) is 16.2 Å². The molecule has 0 spiro atoms. The molecule has 96 valence electrons. The summed E-state index contributed by atoms with van der Waals surface area (Å²) < 4.78 is 37.8. The minimum absolute atomic E-state index is 0.244. The van der Waals surface area contributed by atoms with Crippen molar-refractivity contribution in [3.63, 3.8) is 0 Å². The van der Waals surface area contributed by atoms with Crippen LogP contribution in [0.15, 0.2) is 22.7 Å². The molecule has 0 radical (unpaired) electrons. The summed E-state index contributed by atoms with van der Waals surface area (Å²) in [6.07, 6.45) is -2.28. The van der Waals surface area contributed by atoms with Crippen molar-refractivity contribution < 1.29 is 13.2 Å². The maximum Gasteiger partial charge on any atom is 0.416 e. The first kappa shape index (κ1) is 14.4. The van der Waals surface area contributed by atoms with Crippen LogP contribution < -0.4 is 5.32 Å². The smallest absolute Gasteiger partial charge is 0.382 e. The van der Waals surface area contributed by atoms with Crippen molar-refractivity contribution in [3.8, 4) is 0 Å². The highest BCUT2D eigenvalue weighted by Gasteiger charge is 2.30. The Balaban J connectivity index is 2.83. The van der Waals surface area contributed by atoms with Gasteiger partial charge in [-0.3, -0.25) is 0 Å². The molecule has 1 aromatic rings. The van der Waals surface area contributed by atoms with Crippen LogP contribution in [0.2, 0.25) is 0 Å². The lowest BCUT2D eigenvalue weighted by molar-refractivity contribution is -0.137. The van der Waals surface area contributed by atoms with Crippen LogP contribution in [0.5, 0.6) is 0 Å². The predicted octanol–water partition coefficient (Wildman–Crippen LogP) is 5.07. The Morgan fingerprint density at radius 1 is 1.35 bits per heavy atom. The van der Waals surface area contributed by atoms with Gasteiger partial charge in [0.25, 0.3) is 0 Å². The molecule has 0 aromatic heterocycles. The summed E-state index contributed by atoms with van der Waals surface area (Å²) in [6.45, 7) is 4.08. The molecule has 0 saturated heterocycles. The summed E-state index contributed by atoms with van der Waals surface area (Å²) in [4.78, 5) is 0. The molecule has 0 aliphatic rings. The van der Waals surface area contributed by atoms with Crippen molar-refractivity contribution in [3.05, 3.63) is 28.2 Å². The molecule has 17 heavy (non-hydrogen) atoms. The van der Waals surface area contributed by atoms with E-state index in [0.717, 1.165) is 25.0 Å². The molecule has 0 aliphatic carbocycles. The Hall–Kier alpha value is -0.710. The van der Waals surface area contributed by atoms with Gasteiger partial charge >= 0.3 is 6.18 Å². The van der Waals surface area contributed by atoms with Crippen molar-refractivity contribution in [2.45, 2.75) is 38.9 Å². The summed E-state index contributed by atoms with van der Waals surface area (Å²) in [5.41, 5.74) is 0.0528. The first-order valence-electron chi connectivity index (χ1n) is 5.48. The third kappa shape index (κ3) is 4.22. The standard InChI is InChI=1S/C12H15BrF3N/c1-3-4-8(2)17-11-6-5-9(7-10(11)13)12(14,15)16/h5-8,17H,3-4H2,1-2H3. The molecular weight excluding hydrogens is 295 g/mol. The Morgan fingerprint density at radius 2 is 2.00 bits per heavy atom. The zero-order chi connectivity index (χ0) is 13.1. The van der Waals surface area contributed by atoms with Crippen LogP contribution >= 0.6 is 15.9 Å². The molecule has 0 saturated carbocycles. The highest BCUT2D eigenvalue weighted by atomic mass is 79.9. The van der Waals surface area contributed by atoms with E-state index in [1.54, 1.807) is 0 Å². The fourth-order valence-electron chi connectivity index (χ4n) is 1.58. The lowest BCUT2D eigenvalue weighted by Gasteiger charge is -2.16. The van der Waals surface area contributed by atoms with E-state index in [1.165, 1.54) is 6.07 Å². The van der Waals surface area contributed by atoms with E-state index in [4.69, 9.17) is 0 Å². The molecular formula is C12H15BrF3N. The number of hydrogen-bond acceptors (Lipinski definition) is 1. The maximum atomic E-state index is 12.4. The van der Waals surface area contributed by atoms with Crippen LogP contribution in [0, 0.1) is 0 Å². The predicted molar refractivity (Wildman–Crippen MR) is 67.1 cm³/mol. The third-order valence-electron chi connectivity index (χ3n) is 2.42. The Morgan fingerprint density at radius 3 is 2.47 bits per heavy atom. The normalized spacial score (nSPS) is 13.5. The van der Waals surface area contributed by atoms with Crippen LogP contribution in [0.4, 0.5) is 18.9 Å². The van der Waals surface area contributed by atoms with Crippen LogP contribution in [0.25, 0.3) is 0 Å². The lowest BCUT2D eigenvalue weighted by Crippen LogP contribution is -2.15. The molecule has 0 amide bonds. The van der Waals surface area contributed by atoms with E-state index in [1.807, 2.05) is 6.92 Å². The average molecular weight is 310 g/mol. The van der Waals surface area contributed by atoms with E-state index >= 15 is 0 Å². The Labute approximate surface area is 108 Å². The van der Waals surface area contributed by atoms with Gasteiger partial charge in [0.2, 0.25) is 0 Å². The van der Waals surface area contributed by atoms with E-state index in [9.17, 15) is 13.2 Å². The summed E-state index contributed by atoms with van der Waals surface area (Å²) in [7, 11) is 0. The summed E-state index contributed by atoms with van der Waals surface area (Å²) in [5, 5.41) is 3.18. The summed E-state index contributed by atoms with van der Waals surface area (Å²) in [6, 6.07) is 3.89. The highest BCUT2D eigenvalue weighted by Crippen LogP contribution is 2.34. The number of nitrogens with one attached hydrogen (secondary N) is 1. The number of halogens is 4. The van der Waals surface area contributed by atoms with Crippen LogP contribution in [0.1, 0.15) is 32.3 Å². The second-order valence-corrected chi connectivity index (χ2v) is 4.88. The number of alkyl halides is 3. The first-order chi connectivity index (χ1) is 7.84. The molecule has 1 unspecified atom stereocenters. The molecule has 5 heteroatoms. The van der Waals surface area contributed by atoms with Crippen LogP contribution in [0.3, 0.4) is 0 Å². The second-order valence-electron chi connectivity index (χ2n) is 4.03. The van der Waals surface area contributed by atoms with Crippen LogP contribution in [-0.2, 0) is 6.18 Å². The van der Waals surface area contributed by atoms with Gasteiger partial charge in [0.15, 0.2) is 0 Å². The number of anilines is 1. The largest absolute Gasteiger partial charge is 0.416 e. The van der Waals surface area contributed by atoms with Gasteiger partial charge < -0.3 is 5.32 Å². The molecule has 1 nitrogen and oxygen atoms in total. The Bertz CT molecular complexity index is 377. The van der Waals surface area contributed by atoms with Gasteiger partial charge in [-0.25, -0.2) is 0 Å². The van der Waals surface area contributed by atoms with E-state index in [2.05, 4.69) is 28.2 Å². The van der Waals surface area contributed by atoms with Gasteiger partial charge in [-0.2, -0.15) is 13.2 Å². The zero-order valence-corrected chi connectivity index (χ0v) is 11.3. The molecule has 1 N–H and O–H groups in total. The van der Waals surface area contributed by atoms with Crippen molar-refractivity contribution in [1.29, 1.82) is 0 Å². The van der Waals surface area contributed by atoms with Crippen molar-refractivity contribution in [2.75, 3.05) is 5.32 Å². The van der Waals surface area contributed by atoms with Crippen molar-refractivity contribution in [1.82, 2.24) is 0 Å². The van der Waals surface area contributed by atoms with Crippen molar-refractivity contribution >= 4 is 21.6 Å². The molecule has 1 atom stereocenters. The quantitative estimate of drug-likeness (QED) is 0.819. The van der Waals surface area contributed by atoms with Gasteiger partial charge in [-0.05, 0) is 47.5 Å². The SMILES string of the molecule is CCCC(C)Nc1ccc(C(F)(F)F)cc1Br. The molecule has 0 aliphatic heterocycles. The Kier molecular flexibility index (Phi) is 4.86. The fraction of sp³-hybridized carbons (Fsp3) is 0.500. The van der Waals surface area contributed by atoms with E-state index < -0.39 is 11.7 Å². The highest BCUT2D eigenvalue weighted by molar-refractivity contribution is 9.10. The number of hydrogen-bond donors (Lipinski definition) is 1. The summed E-state index contributed by atoms with van der Waals surface area (Å²) >= 11 is 3.16. The zero-order valence-electron chi connectivity index (χ0n) is 9.74. The van der Waals surface area contributed by atoms with Crippen molar-refractivity contribution in [2.24, 2.45) is 0 Å². The summed E-state index contributed by atoms with van der Waals surface area (Å²) in [5.74, 6) is 0. The first-order valence-corrected chi connectivity index (χ1v) is 6.27. The van der Waals surface area contributed by atoms with Gasteiger partial charge in [0.05, 0.1) is 5.56 Å². The number of rotatable bonds is 4. The molecule has 1 aromatic carbocycles. The average Bonchev–Trinajstić information content (AvgIpc) is 2.20. The van der Waals surface area contributed by atoms with Gasteiger partial charge in [-0.15, -0.1) is 0 Å². The second kappa shape index (κ2) is 5.76. The lowest BCUT2D eigenvalue weighted by atomic mass is 10.1. The van der Waals surface area contributed by atoms with E-state index in [0.29, 0.717) is 10.2 Å². The minimum atomic E-state index is -4.30. The molecule has 0 fully saturated rings. The topological polar surface area (TPSA) is 12.0 Å². The van der Waals surface area contributed by atoms with Crippen LogP contribution in [-0.4, -0.2) is 6.04 Å². The monoisotopic (exact) mass is 309 g/mol. The molecule has 0 bridgehead atoms. The van der Waals surface area contributed by atoms with E-state index in [-0.39, 0.29) is 6.04 Å². The van der Waals surface area contributed by atoms with Gasteiger partial charge in [0.1, 0.15) is 0 Å². The fourth-order valence-corrected chi connectivity index (χ4v) is 2.07. The third-order valence-corrected chi connectivity index (χ3v) is 3.08.